The number of benzene rings is 2. The van der Waals surface area contributed by atoms with E-state index in [0.717, 1.165) is 16.8 Å². The summed E-state index contributed by atoms with van der Waals surface area (Å²) in [5, 5.41) is 16.3. The first-order valence-corrected chi connectivity index (χ1v) is 12.0. The van der Waals surface area contributed by atoms with Gasteiger partial charge in [0.25, 0.3) is 5.91 Å². The number of hydrogen-bond donors (Lipinski definition) is 2. The zero-order chi connectivity index (χ0) is 21.3. The molecule has 6 nitrogen and oxygen atoms in total. The third-order valence-corrected chi connectivity index (χ3v) is 6.74. The van der Waals surface area contributed by atoms with E-state index in [0.29, 0.717) is 29.3 Å². The normalized spacial score (nSPS) is 10.7. The molecule has 0 fully saturated rings. The largest absolute Gasteiger partial charge is 0.481 e. The average Bonchev–Trinajstić information content (AvgIpc) is 3.19. The second-order valence-corrected chi connectivity index (χ2v) is 9.23. The lowest BCUT2D eigenvalue weighted by Crippen LogP contribution is -2.25. The number of nitrogens with one attached hydrogen (secondary N) is 1. The van der Waals surface area contributed by atoms with Crippen molar-refractivity contribution in [2.24, 2.45) is 0 Å². The monoisotopic (exact) mass is 441 g/mol. The fourth-order valence-corrected chi connectivity index (χ4v) is 4.73. The second-order valence-electron chi connectivity index (χ2n) is 6.53. The van der Waals surface area contributed by atoms with Crippen LogP contribution < -0.4 is 5.32 Å². The van der Waals surface area contributed by atoms with Crippen LogP contribution in [0.15, 0.2) is 60.8 Å². The van der Waals surface area contributed by atoms with Gasteiger partial charge in [-0.3, -0.25) is 9.59 Å². The molecule has 1 amide bonds. The molecule has 0 aliphatic carbocycles. The van der Waals surface area contributed by atoms with E-state index < -0.39 is 5.97 Å². The van der Waals surface area contributed by atoms with Gasteiger partial charge in [-0.25, -0.2) is 4.68 Å². The Morgan fingerprint density at radius 3 is 2.47 bits per heavy atom. The van der Waals surface area contributed by atoms with Crippen molar-refractivity contribution in [3.05, 3.63) is 71.9 Å². The lowest BCUT2D eigenvalue weighted by atomic mass is 10.0. The van der Waals surface area contributed by atoms with Crippen LogP contribution in [0.5, 0.6) is 0 Å². The van der Waals surface area contributed by atoms with E-state index in [-0.39, 0.29) is 12.3 Å². The van der Waals surface area contributed by atoms with Crippen molar-refractivity contribution in [1.29, 1.82) is 0 Å². The van der Waals surface area contributed by atoms with Crippen LogP contribution in [0.3, 0.4) is 0 Å². The maximum absolute atomic E-state index is 12.9. The van der Waals surface area contributed by atoms with Crippen molar-refractivity contribution in [3.63, 3.8) is 0 Å². The Kier molecular flexibility index (Phi) is 7.98. The number of aromatic nitrogens is 2. The summed E-state index contributed by atoms with van der Waals surface area (Å²) in [6.07, 6.45) is 1.91. The van der Waals surface area contributed by atoms with Crippen LogP contribution in [-0.4, -0.2) is 44.8 Å². The van der Waals surface area contributed by atoms with Gasteiger partial charge in [0.2, 0.25) is 0 Å². The first kappa shape index (κ1) is 22.0. The van der Waals surface area contributed by atoms with E-state index in [1.165, 1.54) is 10.8 Å². The van der Waals surface area contributed by atoms with E-state index >= 15 is 0 Å². The fraction of sp³-hybridized carbons (Fsp3) is 0.227. The molecule has 0 aliphatic rings. The van der Waals surface area contributed by atoms with Crippen LogP contribution in [-0.2, 0) is 4.79 Å². The van der Waals surface area contributed by atoms with Gasteiger partial charge in [-0.05, 0) is 24.6 Å². The van der Waals surface area contributed by atoms with Gasteiger partial charge in [-0.15, -0.1) is 0 Å². The summed E-state index contributed by atoms with van der Waals surface area (Å²) in [5.41, 5.74) is 4.04. The fourth-order valence-electron chi connectivity index (χ4n) is 2.84. The summed E-state index contributed by atoms with van der Waals surface area (Å²) >= 11 is 0. The predicted octanol–water partition coefficient (Wildman–Crippen LogP) is 4.43. The molecule has 3 rings (SSSR count). The van der Waals surface area contributed by atoms with E-state index in [1.54, 1.807) is 21.7 Å². The highest BCUT2D eigenvalue weighted by Gasteiger charge is 2.19. The molecule has 2 aromatic carbocycles. The van der Waals surface area contributed by atoms with Crippen LogP contribution in [0, 0.1) is 6.92 Å². The second kappa shape index (κ2) is 10.9. The van der Waals surface area contributed by atoms with Crippen LogP contribution in [0.1, 0.15) is 22.3 Å². The molecule has 0 atom stereocenters. The molecule has 0 unspecified atom stereocenters. The third-order valence-electron chi connectivity index (χ3n) is 4.33. The standard InChI is InChI=1S/C22H23N3O3S2/c1-16-7-5-6-10-18(16)21-19(15-25(24-21)17-8-3-2-4-9-17)22(28)23-12-14-30-29-13-11-20(26)27/h2-10,15H,11-14H2,1H3,(H,23,28)(H,26,27). The number of para-hydroxylation sites is 1. The predicted molar refractivity (Wildman–Crippen MR) is 123 cm³/mol. The highest BCUT2D eigenvalue weighted by molar-refractivity contribution is 8.76. The van der Waals surface area contributed by atoms with Crippen LogP contribution in [0.2, 0.25) is 0 Å². The molecule has 1 aromatic heterocycles. The molecular weight excluding hydrogens is 418 g/mol. The molecule has 8 heteroatoms. The number of hydrogen-bond acceptors (Lipinski definition) is 5. The molecule has 1 heterocycles. The number of carboxylic acid groups (broad SMARTS) is 1. The average molecular weight is 442 g/mol. The lowest BCUT2D eigenvalue weighted by Gasteiger charge is -2.07. The highest BCUT2D eigenvalue weighted by Crippen LogP contribution is 2.27. The number of carboxylic acids is 1. The number of amides is 1. The molecule has 0 saturated carbocycles. The molecule has 30 heavy (non-hydrogen) atoms. The van der Waals surface area contributed by atoms with E-state index in [2.05, 4.69) is 5.32 Å². The zero-order valence-electron chi connectivity index (χ0n) is 16.6. The Bertz CT molecular complexity index is 1010. The van der Waals surface area contributed by atoms with Crippen molar-refractivity contribution >= 4 is 33.5 Å². The first-order valence-electron chi connectivity index (χ1n) is 9.52. The van der Waals surface area contributed by atoms with E-state index in [9.17, 15) is 9.59 Å². The Morgan fingerprint density at radius 2 is 1.73 bits per heavy atom. The number of rotatable bonds is 10. The SMILES string of the molecule is Cc1ccccc1-c1nn(-c2ccccc2)cc1C(=O)NCCSSCCC(=O)O. The summed E-state index contributed by atoms with van der Waals surface area (Å²) in [5.74, 6) is 0.278. The Hall–Kier alpha value is -2.71. The van der Waals surface area contributed by atoms with Gasteiger partial charge >= 0.3 is 5.97 Å². The molecule has 156 valence electrons. The summed E-state index contributed by atoms with van der Waals surface area (Å²) in [7, 11) is 3.06. The van der Waals surface area contributed by atoms with Gasteiger partial charge in [-0.1, -0.05) is 64.1 Å². The van der Waals surface area contributed by atoms with Gasteiger partial charge in [0.15, 0.2) is 0 Å². The van der Waals surface area contributed by atoms with Gasteiger partial charge in [0, 0.05) is 29.8 Å². The van der Waals surface area contributed by atoms with Gasteiger partial charge in [0.1, 0.15) is 5.69 Å². The number of carbonyl (C=O) groups excluding carboxylic acids is 1. The van der Waals surface area contributed by atoms with Gasteiger partial charge in [0.05, 0.1) is 17.7 Å². The summed E-state index contributed by atoms with van der Waals surface area (Å²) in [6, 6.07) is 17.6. The topological polar surface area (TPSA) is 84.2 Å². The Morgan fingerprint density at radius 1 is 1.03 bits per heavy atom. The van der Waals surface area contributed by atoms with E-state index in [1.807, 2.05) is 61.5 Å². The first-order chi connectivity index (χ1) is 14.6. The summed E-state index contributed by atoms with van der Waals surface area (Å²) in [4.78, 5) is 23.4. The third kappa shape index (κ3) is 5.90. The number of aryl methyl sites for hydroxylation is 1. The lowest BCUT2D eigenvalue weighted by molar-refractivity contribution is -0.136. The van der Waals surface area contributed by atoms with E-state index in [4.69, 9.17) is 10.2 Å². The molecule has 0 radical (unpaired) electrons. The molecule has 3 aromatic rings. The van der Waals surface area contributed by atoms with Crippen molar-refractivity contribution in [1.82, 2.24) is 15.1 Å². The van der Waals surface area contributed by atoms with Crippen molar-refractivity contribution in [3.8, 4) is 16.9 Å². The van der Waals surface area contributed by atoms with Crippen LogP contribution >= 0.6 is 21.6 Å². The maximum atomic E-state index is 12.9. The minimum atomic E-state index is -0.796. The molecule has 0 bridgehead atoms. The quantitative estimate of drug-likeness (QED) is 0.358. The van der Waals surface area contributed by atoms with Crippen LogP contribution in [0.4, 0.5) is 0 Å². The van der Waals surface area contributed by atoms with Gasteiger partial charge < -0.3 is 10.4 Å². The maximum Gasteiger partial charge on any atom is 0.304 e. The van der Waals surface area contributed by atoms with Crippen molar-refractivity contribution in [2.45, 2.75) is 13.3 Å². The highest BCUT2D eigenvalue weighted by atomic mass is 33.1. The molecule has 2 N–H and O–H groups in total. The molecule has 0 saturated heterocycles. The van der Waals surface area contributed by atoms with Crippen molar-refractivity contribution in [2.75, 3.05) is 18.1 Å². The minimum Gasteiger partial charge on any atom is -0.481 e. The summed E-state index contributed by atoms with van der Waals surface area (Å²) in [6.45, 7) is 2.50. The molecule has 0 aliphatic heterocycles. The zero-order valence-corrected chi connectivity index (χ0v) is 18.2. The Balaban J connectivity index is 1.72. The van der Waals surface area contributed by atoms with Crippen molar-refractivity contribution < 1.29 is 14.7 Å². The Labute approximate surface area is 183 Å². The molecular formula is C22H23N3O3S2. The van der Waals surface area contributed by atoms with Gasteiger partial charge in [-0.2, -0.15) is 5.10 Å². The number of carbonyl (C=O) groups is 2. The van der Waals surface area contributed by atoms with Crippen LogP contribution in [0.25, 0.3) is 16.9 Å². The number of aliphatic carboxylic acids is 1. The molecule has 0 spiro atoms. The number of nitrogens with zero attached hydrogens (tertiary/aromatic N) is 2. The summed E-state index contributed by atoms with van der Waals surface area (Å²) < 4.78 is 1.73. The smallest absolute Gasteiger partial charge is 0.304 e. The minimum absolute atomic E-state index is 0.141.